The number of nitrogens with zero attached hydrogens (tertiary/aromatic N) is 1. The number of piperidine rings is 1. The van der Waals surface area contributed by atoms with Gasteiger partial charge in [-0.1, -0.05) is 39.8 Å². The second kappa shape index (κ2) is 6.62. The van der Waals surface area contributed by atoms with Crippen molar-refractivity contribution in [2.75, 3.05) is 25.4 Å². The number of nitrogen functional groups attached to an aromatic ring is 1. The van der Waals surface area contributed by atoms with Gasteiger partial charge in [-0.3, -0.25) is 0 Å². The molecule has 2 heteroatoms. The minimum absolute atomic E-state index is 0.507. The summed E-state index contributed by atoms with van der Waals surface area (Å²) < 4.78 is 0. The molecule has 20 heavy (non-hydrogen) atoms. The molecule has 1 aromatic rings. The number of hydrogen-bond donors (Lipinski definition) is 1. The maximum absolute atomic E-state index is 6.09. The van der Waals surface area contributed by atoms with E-state index in [-0.39, 0.29) is 0 Å². The molecule has 1 fully saturated rings. The smallest absolute Gasteiger partial charge is 0.0349 e. The van der Waals surface area contributed by atoms with Gasteiger partial charge in [0.2, 0.25) is 0 Å². The number of anilines is 1. The van der Waals surface area contributed by atoms with Crippen LogP contribution in [0.25, 0.3) is 0 Å². The van der Waals surface area contributed by atoms with Crippen molar-refractivity contribution in [2.45, 2.75) is 52.4 Å². The molecule has 2 rings (SSSR count). The number of hydrogen-bond acceptors (Lipinski definition) is 2. The van der Waals surface area contributed by atoms with Gasteiger partial charge in [0.25, 0.3) is 0 Å². The van der Waals surface area contributed by atoms with Gasteiger partial charge in [-0.25, -0.2) is 0 Å². The Bertz CT molecular complexity index is 429. The van der Waals surface area contributed by atoms with Crippen LogP contribution < -0.4 is 5.73 Å². The van der Waals surface area contributed by atoms with Crippen LogP contribution in [-0.4, -0.2) is 24.5 Å². The van der Waals surface area contributed by atoms with E-state index in [0.717, 1.165) is 12.2 Å². The number of nitrogens with two attached hydrogens (primary N) is 1. The summed E-state index contributed by atoms with van der Waals surface area (Å²) >= 11 is 0. The Labute approximate surface area is 124 Å². The van der Waals surface area contributed by atoms with Gasteiger partial charge in [-0.05, 0) is 60.9 Å². The molecule has 2 N–H and O–H groups in total. The van der Waals surface area contributed by atoms with Gasteiger partial charge in [0.05, 0.1) is 0 Å². The van der Waals surface area contributed by atoms with E-state index in [1.807, 2.05) is 0 Å². The lowest BCUT2D eigenvalue weighted by molar-refractivity contribution is 0.220. The van der Waals surface area contributed by atoms with Crippen molar-refractivity contribution in [3.8, 4) is 0 Å². The van der Waals surface area contributed by atoms with E-state index in [1.165, 1.54) is 43.0 Å². The first-order valence-electron chi connectivity index (χ1n) is 7.88. The molecule has 0 unspecified atom stereocenters. The van der Waals surface area contributed by atoms with E-state index in [4.69, 9.17) is 5.73 Å². The second-order valence-electron chi connectivity index (χ2n) is 6.80. The molecule has 0 aromatic heterocycles. The Morgan fingerprint density at radius 2 is 1.90 bits per heavy atom. The fraction of sp³-hybridized carbons (Fsp3) is 0.611. The van der Waals surface area contributed by atoms with Gasteiger partial charge in [-0.2, -0.15) is 0 Å². The SMILES string of the molecule is C[C](C)CN1CCC(c2ccc(N)c(C(C)C)c2)CC1. The Kier molecular flexibility index (Phi) is 5.09. The molecule has 0 saturated carbocycles. The second-order valence-corrected chi connectivity index (χ2v) is 6.80. The van der Waals surface area contributed by atoms with Gasteiger partial charge in [0.15, 0.2) is 0 Å². The van der Waals surface area contributed by atoms with Crippen LogP contribution in [0.2, 0.25) is 0 Å². The third-order valence-electron chi connectivity index (χ3n) is 4.33. The van der Waals surface area contributed by atoms with Gasteiger partial charge >= 0.3 is 0 Å². The Morgan fingerprint density at radius 1 is 1.25 bits per heavy atom. The Balaban J connectivity index is 2.02. The zero-order valence-corrected chi connectivity index (χ0v) is 13.4. The molecule has 0 bridgehead atoms. The summed E-state index contributed by atoms with van der Waals surface area (Å²) in [6.07, 6.45) is 2.55. The molecule has 1 heterocycles. The molecule has 1 aliphatic rings. The van der Waals surface area contributed by atoms with Crippen molar-refractivity contribution in [2.24, 2.45) is 0 Å². The summed E-state index contributed by atoms with van der Waals surface area (Å²) in [5, 5.41) is 0. The zero-order chi connectivity index (χ0) is 14.7. The normalized spacial score (nSPS) is 18.1. The van der Waals surface area contributed by atoms with E-state index >= 15 is 0 Å². The number of rotatable bonds is 4. The van der Waals surface area contributed by atoms with E-state index < -0.39 is 0 Å². The lowest BCUT2D eigenvalue weighted by atomic mass is 9.86. The van der Waals surface area contributed by atoms with Crippen LogP contribution >= 0.6 is 0 Å². The number of likely N-dealkylation sites (tertiary alicyclic amines) is 1. The summed E-state index contributed by atoms with van der Waals surface area (Å²) in [4.78, 5) is 2.58. The van der Waals surface area contributed by atoms with Crippen LogP contribution in [0.15, 0.2) is 18.2 Å². The molecule has 0 atom stereocenters. The largest absolute Gasteiger partial charge is 0.398 e. The van der Waals surface area contributed by atoms with Gasteiger partial charge < -0.3 is 10.6 Å². The molecular formula is C18H29N2. The average Bonchev–Trinajstić information content (AvgIpc) is 2.39. The zero-order valence-electron chi connectivity index (χ0n) is 13.4. The van der Waals surface area contributed by atoms with Crippen molar-refractivity contribution >= 4 is 5.69 Å². The molecule has 1 aromatic carbocycles. The van der Waals surface area contributed by atoms with Crippen LogP contribution in [0.3, 0.4) is 0 Å². The van der Waals surface area contributed by atoms with Crippen LogP contribution in [0.5, 0.6) is 0 Å². The maximum atomic E-state index is 6.09. The highest BCUT2D eigenvalue weighted by atomic mass is 15.1. The third kappa shape index (κ3) is 3.76. The predicted octanol–water partition coefficient (Wildman–Crippen LogP) is 4.19. The summed E-state index contributed by atoms with van der Waals surface area (Å²) in [5.74, 6) is 2.73. The van der Waals surface area contributed by atoms with Crippen LogP contribution in [0, 0.1) is 5.92 Å². The molecule has 0 aliphatic carbocycles. The van der Waals surface area contributed by atoms with Crippen LogP contribution in [0.4, 0.5) is 5.69 Å². The van der Waals surface area contributed by atoms with E-state index in [9.17, 15) is 0 Å². The van der Waals surface area contributed by atoms with Crippen molar-refractivity contribution < 1.29 is 0 Å². The summed E-state index contributed by atoms with van der Waals surface area (Å²) in [6, 6.07) is 6.68. The van der Waals surface area contributed by atoms with Gasteiger partial charge in [0.1, 0.15) is 0 Å². The highest BCUT2D eigenvalue weighted by Gasteiger charge is 2.21. The topological polar surface area (TPSA) is 29.3 Å². The molecular weight excluding hydrogens is 244 g/mol. The average molecular weight is 273 g/mol. The summed E-state index contributed by atoms with van der Waals surface area (Å²) in [7, 11) is 0. The monoisotopic (exact) mass is 273 g/mol. The molecule has 2 nitrogen and oxygen atoms in total. The van der Waals surface area contributed by atoms with E-state index in [0.29, 0.717) is 11.8 Å². The van der Waals surface area contributed by atoms with Crippen molar-refractivity contribution in [3.05, 3.63) is 35.2 Å². The third-order valence-corrected chi connectivity index (χ3v) is 4.33. The first kappa shape index (κ1) is 15.4. The molecule has 0 amide bonds. The maximum Gasteiger partial charge on any atom is 0.0349 e. The van der Waals surface area contributed by atoms with Crippen molar-refractivity contribution in [1.82, 2.24) is 4.90 Å². The minimum atomic E-state index is 0.507. The molecule has 1 radical (unpaired) electrons. The lowest BCUT2D eigenvalue weighted by Crippen LogP contribution is -2.35. The standard InChI is InChI=1S/C18H29N2/c1-13(2)12-20-9-7-15(8-10-20)16-5-6-18(19)17(11-16)14(3)4/h5-6,11,14-15H,7-10,12,19H2,1-4H3. The summed E-state index contributed by atoms with van der Waals surface area (Å²) in [6.45, 7) is 12.5. The van der Waals surface area contributed by atoms with Crippen LogP contribution in [0.1, 0.15) is 63.5 Å². The lowest BCUT2D eigenvalue weighted by Gasteiger charge is -2.33. The Hall–Kier alpha value is -1.02. The Morgan fingerprint density at radius 3 is 2.45 bits per heavy atom. The highest BCUT2D eigenvalue weighted by molar-refractivity contribution is 5.50. The minimum Gasteiger partial charge on any atom is -0.398 e. The first-order chi connectivity index (χ1) is 9.47. The van der Waals surface area contributed by atoms with Gasteiger partial charge in [-0.15, -0.1) is 0 Å². The molecule has 111 valence electrons. The molecule has 0 spiro atoms. The fourth-order valence-corrected chi connectivity index (χ4v) is 3.22. The quantitative estimate of drug-likeness (QED) is 0.834. The van der Waals surface area contributed by atoms with E-state index in [1.54, 1.807) is 0 Å². The van der Waals surface area contributed by atoms with Crippen molar-refractivity contribution in [1.29, 1.82) is 0 Å². The number of benzene rings is 1. The van der Waals surface area contributed by atoms with Crippen molar-refractivity contribution in [3.63, 3.8) is 0 Å². The first-order valence-corrected chi connectivity index (χ1v) is 7.88. The van der Waals surface area contributed by atoms with Gasteiger partial charge in [0, 0.05) is 12.2 Å². The van der Waals surface area contributed by atoms with Crippen LogP contribution in [-0.2, 0) is 0 Å². The summed E-state index contributed by atoms with van der Waals surface area (Å²) in [5.41, 5.74) is 9.82. The predicted molar refractivity (Wildman–Crippen MR) is 87.9 cm³/mol. The fourth-order valence-electron chi connectivity index (χ4n) is 3.22. The van der Waals surface area contributed by atoms with E-state index in [2.05, 4.69) is 50.8 Å². The molecule has 1 aliphatic heterocycles. The molecule has 1 saturated heterocycles. The highest BCUT2D eigenvalue weighted by Crippen LogP contribution is 2.32.